The summed E-state index contributed by atoms with van der Waals surface area (Å²) in [5.74, 6) is -0.280. The van der Waals surface area contributed by atoms with E-state index >= 15 is 0 Å². The van der Waals surface area contributed by atoms with Crippen LogP contribution in [0.1, 0.15) is 64.9 Å². The van der Waals surface area contributed by atoms with Gasteiger partial charge in [-0.25, -0.2) is 8.42 Å². The van der Waals surface area contributed by atoms with E-state index in [1.165, 1.54) is 45.9 Å². The second-order valence-electron chi connectivity index (χ2n) is 11.4. The molecule has 6 heteroatoms. The molecular formula is C33H40O4S2. The van der Waals surface area contributed by atoms with Crippen LogP contribution in [0.5, 0.6) is 0 Å². The summed E-state index contributed by atoms with van der Waals surface area (Å²) in [5, 5.41) is 0. The number of aryl methyl sites for hydroxylation is 1. The smallest absolute Gasteiger partial charge is 0.166 e. The molecule has 2 fully saturated rings. The zero-order valence-corrected chi connectivity index (χ0v) is 24.9. The molecule has 0 amide bonds. The maximum absolute atomic E-state index is 11.8. The second kappa shape index (κ2) is 12.4. The Morgan fingerprint density at radius 2 is 1.38 bits per heavy atom. The van der Waals surface area contributed by atoms with E-state index in [0.29, 0.717) is 12.8 Å². The Balaban J connectivity index is 0.000000202. The van der Waals surface area contributed by atoms with E-state index < -0.39 is 21.3 Å². The highest BCUT2D eigenvalue weighted by Gasteiger charge is 2.64. The van der Waals surface area contributed by atoms with E-state index in [1.54, 1.807) is 0 Å². The number of Topliss-reactive ketones (excluding diaryl/α,β-unsaturated/α-hetero) is 1. The molecule has 2 bridgehead atoms. The fourth-order valence-corrected chi connectivity index (χ4v) is 9.67. The van der Waals surface area contributed by atoms with Gasteiger partial charge in [0.1, 0.15) is 5.78 Å². The highest BCUT2D eigenvalue weighted by atomic mass is 32.2. The van der Waals surface area contributed by atoms with E-state index in [4.69, 9.17) is 0 Å². The van der Waals surface area contributed by atoms with Crippen molar-refractivity contribution >= 4 is 26.8 Å². The van der Waals surface area contributed by atoms with Crippen LogP contribution >= 0.6 is 0 Å². The summed E-state index contributed by atoms with van der Waals surface area (Å²) in [7, 11) is -4.36. The van der Waals surface area contributed by atoms with Gasteiger partial charge in [-0.2, -0.15) is 0 Å². The predicted octanol–water partition coefficient (Wildman–Crippen LogP) is 7.44. The lowest BCUT2D eigenvalue weighted by Gasteiger charge is -2.37. The van der Waals surface area contributed by atoms with Crippen molar-refractivity contribution in [2.24, 2.45) is 16.7 Å². The lowest BCUT2D eigenvalue weighted by Crippen LogP contribution is -2.42. The van der Waals surface area contributed by atoms with Crippen LogP contribution in [-0.4, -0.2) is 24.5 Å². The van der Waals surface area contributed by atoms with Crippen LogP contribution in [0.4, 0.5) is 0 Å². The quantitative estimate of drug-likeness (QED) is 0.154. The van der Waals surface area contributed by atoms with Crippen LogP contribution in [0.25, 0.3) is 0 Å². The number of unbranched alkanes of at least 4 members (excludes halogenated alkanes) is 2. The molecule has 3 aromatic rings. The molecule has 5 rings (SSSR count). The van der Waals surface area contributed by atoms with Gasteiger partial charge in [-0.15, -0.1) is 0 Å². The average molecular weight is 565 g/mol. The number of hydrogen-bond donors (Lipinski definition) is 0. The normalized spacial score (nSPS) is 21.6. The van der Waals surface area contributed by atoms with Gasteiger partial charge in [-0.1, -0.05) is 82.1 Å². The molecule has 2 saturated carbocycles. The van der Waals surface area contributed by atoms with Gasteiger partial charge >= 0.3 is 0 Å². The molecule has 39 heavy (non-hydrogen) atoms. The largest absolute Gasteiger partial charge is 0.748 e. The number of fused-ring (bicyclic) bond motifs is 2. The molecule has 2 unspecified atom stereocenters. The first kappa shape index (κ1) is 29.6. The van der Waals surface area contributed by atoms with Crippen LogP contribution in [0.15, 0.2) is 99.6 Å². The molecule has 2 atom stereocenters. The van der Waals surface area contributed by atoms with Gasteiger partial charge in [0.15, 0.2) is 14.7 Å². The zero-order valence-electron chi connectivity index (χ0n) is 23.3. The summed E-state index contributed by atoms with van der Waals surface area (Å²) >= 11 is 0. The minimum atomic E-state index is -4.33. The van der Waals surface area contributed by atoms with Gasteiger partial charge in [0.05, 0.1) is 26.8 Å². The molecule has 2 aliphatic carbocycles. The number of carbonyl (C=O) groups is 1. The van der Waals surface area contributed by atoms with E-state index in [1.807, 2.05) is 13.8 Å². The highest BCUT2D eigenvalue weighted by molar-refractivity contribution is 7.97. The SMILES string of the molecule is CC1(C)C2CCC1(CS(=O)(=O)[O-])C(=O)C2.CCCCCc1ccc([S+](c2ccccc2)c2ccccc2)cc1. The summed E-state index contributed by atoms with van der Waals surface area (Å²) in [6.07, 6.45) is 6.96. The van der Waals surface area contributed by atoms with Crippen molar-refractivity contribution in [1.82, 2.24) is 0 Å². The first-order valence-corrected chi connectivity index (χ1v) is 16.8. The predicted molar refractivity (Wildman–Crippen MR) is 158 cm³/mol. The van der Waals surface area contributed by atoms with Gasteiger partial charge < -0.3 is 4.55 Å². The number of hydrogen-bond acceptors (Lipinski definition) is 4. The molecule has 0 heterocycles. The monoisotopic (exact) mass is 564 g/mol. The minimum Gasteiger partial charge on any atom is -0.748 e. The molecule has 0 radical (unpaired) electrons. The fourth-order valence-electron chi connectivity index (χ4n) is 6.30. The van der Waals surface area contributed by atoms with Crippen LogP contribution in [-0.2, 0) is 32.2 Å². The van der Waals surface area contributed by atoms with Crippen molar-refractivity contribution in [3.63, 3.8) is 0 Å². The van der Waals surface area contributed by atoms with Gasteiger partial charge in [-0.3, -0.25) is 4.79 Å². The van der Waals surface area contributed by atoms with Gasteiger partial charge in [0, 0.05) is 11.8 Å². The summed E-state index contributed by atoms with van der Waals surface area (Å²) < 4.78 is 32.7. The first-order chi connectivity index (χ1) is 18.6. The third kappa shape index (κ3) is 6.67. The van der Waals surface area contributed by atoms with E-state index in [0.717, 1.165) is 6.42 Å². The molecule has 0 spiro atoms. The van der Waals surface area contributed by atoms with Gasteiger partial charge in [-0.05, 0) is 79.0 Å². The number of benzene rings is 3. The Bertz CT molecular complexity index is 1300. The Kier molecular flexibility index (Phi) is 9.41. The van der Waals surface area contributed by atoms with Gasteiger partial charge in [0.25, 0.3) is 0 Å². The lowest BCUT2D eigenvalue weighted by atomic mass is 9.70. The van der Waals surface area contributed by atoms with Crippen molar-refractivity contribution < 1.29 is 17.8 Å². The molecule has 0 saturated heterocycles. The maximum atomic E-state index is 11.8. The highest BCUT2D eigenvalue weighted by Crippen LogP contribution is 2.64. The van der Waals surface area contributed by atoms with Crippen LogP contribution in [0.2, 0.25) is 0 Å². The van der Waals surface area contributed by atoms with E-state index in [9.17, 15) is 17.8 Å². The summed E-state index contributed by atoms with van der Waals surface area (Å²) in [4.78, 5) is 16.0. The van der Waals surface area contributed by atoms with Crippen molar-refractivity contribution in [3.05, 3.63) is 90.5 Å². The van der Waals surface area contributed by atoms with Crippen LogP contribution in [0.3, 0.4) is 0 Å². The number of rotatable bonds is 9. The zero-order chi connectivity index (χ0) is 28.1. The number of carbonyl (C=O) groups excluding carboxylic acids is 1. The molecule has 0 N–H and O–H groups in total. The van der Waals surface area contributed by atoms with Crippen LogP contribution in [0, 0.1) is 16.7 Å². The first-order valence-electron chi connectivity index (χ1n) is 14.0. The lowest BCUT2D eigenvalue weighted by molar-refractivity contribution is -0.128. The van der Waals surface area contributed by atoms with Crippen molar-refractivity contribution in [1.29, 1.82) is 0 Å². The minimum absolute atomic E-state index is 0.0248. The van der Waals surface area contributed by atoms with E-state index in [-0.39, 0.29) is 28.0 Å². The molecule has 4 nitrogen and oxygen atoms in total. The van der Waals surface area contributed by atoms with E-state index in [2.05, 4.69) is 91.9 Å². The molecule has 3 aromatic carbocycles. The average Bonchev–Trinajstić information content (AvgIpc) is 3.25. The summed E-state index contributed by atoms with van der Waals surface area (Å²) in [6.45, 7) is 6.09. The molecule has 2 aliphatic rings. The molecule has 0 aliphatic heterocycles. The molecule has 0 aromatic heterocycles. The topological polar surface area (TPSA) is 74.3 Å². The molecular weight excluding hydrogens is 524 g/mol. The molecule has 208 valence electrons. The Morgan fingerprint density at radius 3 is 1.82 bits per heavy atom. The fraction of sp³-hybridized carbons (Fsp3) is 0.424. The summed E-state index contributed by atoms with van der Waals surface area (Å²) in [6, 6.07) is 31.0. The maximum Gasteiger partial charge on any atom is 0.166 e. The number of ketones is 1. The van der Waals surface area contributed by atoms with Crippen molar-refractivity contribution in [2.45, 2.75) is 80.4 Å². The third-order valence-electron chi connectivity index (χ3n) is 8.75. The van der Waals surface area contributed by atoms with Crippen molar-refractivity contribution in [2.75, 3.05) is 5.75 Å². The van der Waals surface area contributed by atoms with Gasteiger partial charge in [0.2, 0.25) is 0 Å². The Morgan fingerprint density at radius 1 is 0.846 bits per heavy atom. The standard InChI is InChI=1S/C23H25S.C10H16O4S/c1-2-3-6-11-20-16-18-23(19-17-20)24(21-12-7-4-8-13-21)22-14-9-5-10-15-22;1-9(2)7-3-4-10(9,8(11)5-7)6-15(12,13)14/h4-5,7-10,12-19H,2-3,6,11H2,1H3;7H,3-6H2,1-2H3,(H,12,13,14)/q+1;/p-1. The van der Waals surface area contributed by atoms with Crippen LogP contribution < -0.4 is 0 Å². The second-order valence-corrected chi connectivity index (χ2v) is 14.8. The Hall–Kier alpha value is -2.41. The third-order valence-corrected chi connectivity index (χ3v) is 11.8. The van der Waals surface area contributed by atoms with Crippen molar-refractivity contribution in [3.8, 4) is 0 Å². The summed E-state index contributed by atoms with van der Waals surface area (Å²) in [5.41, 5.74) is 0.233. The Labute approximate surface area is 237 Å².